The molecule has 0 bridgehead atoms. The highest BCUT2D eigenvalue weighted by Gasteiger charge is 2.22. The summed E-state index contributed by atoms with van der Waals surface area (Å²) in [5.74, 6) is 0.605. The molecule has 1 aromatic carbocycles. The first-order valence-corrected chi connectivity index (χ1v) is 8.33. The van der Waals surface area contributed by atoms with E-state index < -0.39 is 0 Å². The van der Waals surface area contributed by atoms with Gasteiger partial charge in [-0.1, -0.05) is 29.3 Å². The molecule has 0 radical (unpaired) electrons. The Labute approximate surface area is 149 Å². The van der Waals surface area contributed by atoms with Crippen molar-refractivity contribution in [2.45, 2.75) is 13.0 Å². The smallest absolute Gasteiger partial charge is 0.332 e. The molecule has 0 saturated heterocycles. The van der Waals surface area contributed by atoms with E-state index in [0.29, 0.717) is 34.6 Å². The third-order valence-electron chi connectivity index (χ3n) is 4.31. The second-order valence-corrected chi connectivity index (χ2v) is 6.73. The average molecular weight is 369 g/mol. The number of aromatic nitrogens is 2. The van der Waals surface area contributed by atoms with Gasteiger partial charge in [-0.3, -0.25) is 18.8 Å². The van der Waals surface area contributed by atoms with Gasteiger partial charge < -0.3 is 5.32 Å². The van der Waals surface area contributed by atoms with Crippen molar-refractivity contribution in [3.8, 4) is 0 Å². The van der Waals surface area contributed by atoms with Crippen LogP contribution in [-0.4, -0.2) is 27.2 Å². The van der Waals surface area contributed by atoms with Crippen LogP contribution in [0.1, 0.15) is 11.1 Å². The van der Waals surface area contributed by atoms with Crippen LogP contribution in [0.2, 0.25) is 10.0 Å². The molecule has 6 nitrogen and oxygen atoms in total. The largest absolute Gasteiger partial charge is 0.358 e. The zero-order valence-electron chi connectivity index (χ0n) is 13.5. The van der Waals surface area contributed by atoms with Gasteiger partial charge in [-0.2, -0.15) is 0 Å². The van der Waals surface area contributed by atoms with Gasteiger partial charge in [0.1, 0.15) is 5.82 Å². The Morgan fingerprint density at radius 1 is 1.12 bits per heavy atom. The summed E-state index contributed by atoms with van der Waals surface area (Å²) in [4.78, 5) is 26.4. The van der Waals surface area contributed by atoms with E-state index in [-0.39, 0.29) is 11.2 Å². The molecule has 24 heavy (non-hydrogen) atoms. The van der Waals surface area contributed by atoms with E-state index in [0.717, 1.165) is 23.1 Å². The molecule has 2 aromatic rings. The van der Waals surface area contributed by atoms with Crippen LogP contribution < -0.4 is 16.6 Å². The molecular weight excluding hydrogens is 351 g/mol. The number of nitrogens with one attached hydrogen (secondary N) is 1. The molecule has 1 aliphatic rings. The Bertz CT molecular complexity index is 904. The summed E-state index contributed by atoms with van der Waals surface area (Å²) in [5.41, 5.74) is 1.12. The van der Waals surface area contributed by atoms with Crippen molar-refractivity contribution in [1.29, 1.82) is 0 Å². The van der Waals surface area contributed by atoms with Crippen LogP contribution in [0.25, 0.3) is 0 Å². The monoisotopic (exact) mass is 368 g/mol. The molecule has 0 saturated carbocycles. The van der Waals surface area contributed by atoms with Crippen molar-refractivity contribution in [3.05, 3.63) is 60.2 Å². The molecule has 128 valence electrons. The number of anilines is 1. The van der Waals surface area contributed by atoms with Crippen molar-refractivity contribution < 1.29 is 0 Å². The van der Waals surface area contributed by atoms with E-state index >= 15 is 0 Å². The molecule has 8 heteroatoms. The second-order valence-electron chi connectivity index (χ2n) is 5.92. The summed E-state index contributed by atoms with van der Waals surface area (Å²) in [6.07, 6.45) is 0.792. The highest BCUT2D eigenvalue weighted by Crippen LogP contribution is 2.23. The van der Waals surface area contributed by atoms with Crippen molar-refractivity contribution in [3.63, 3.8) is 0 Å². The van der Waals surface area contributed by atoms with Gasteiger partial charge in [0.25, 0.3) is 5.56 Å². The van der Waals surface area contributed by atoms with E-state index in [1.807, 2.05) is 12.1 Å². The first-order valence-electron chi connectivity index (χ1n) is 7.57. The topological polar surface area (TPSA) is 59.3 Å². The zero-order valence-corrected chi connectivity index (χ0v) is 15.0. The van der Waals surface area contributed by atoms with Gasteiger partial charge in [0.15, 0.2) is 0 Å². The maximum Gasteiger partial charge on any atom is 0.332 e. The quantitative estimate of drug-likeness (QED) is 0.897. The van der Waals surface area contributed by atoms with Crippen molar-refractivity contribution in [2.24, 2.45) is 14.1 Å². The number of nitrogens with zero attached hydrogens (tertiary/aromatic N) is 3. The Balaban J connectivity index is 1.77. The van der Waals surface area contributed by atoms with E-state index in [2.05, 4.69) is 10.2 Å². The van der Waals surface area contributed by atoms with Crippen LogP contribution in [0.4, 0.5) is 5.82 Å². The highest BCUT2D eigenvalue weighted by atomic mass is 35.5. The minimum absolute atomic E-state index is 0.250. The van der Waals surface area contributed by atoms with E-state index in [1.165, 1.54) is 11.6 Å². The minimum atomic E-state index is -0.324. The summed E-state index contributed by atoms with van der Waals surface area (Å²) in [7, 11) is 3.17. The fourth-order valence-electron chi connectivity index (χ4n) is 2.89. The molecule has 0 atom stereocenters. The van der Waals surface area contributed by atoms with Crippen LogP contribution in [-0.2, 0) is 27.1 Å². The third kappa shape index (κ3) is 3.09. The maximum atomic E-state index is 12.3. The summed E-state index contributed by atoms with van der Waals surface area (Å²) >= 11 is 12.0. The lowest BCUT2D eigenvalue weighted by Gasteiger charge is -2.30. The first-order chi connectivity index (χ1) is 11.4. The van der Waals surface area contributed by atoms with Crippen LogP contribution in [0.3, 0.4) is 0 Å². The maximum absolute atomic E-state index is 12.3. The summed E-state index contributed by atoms with van der Waals surface area (Å²) < 4.78 is 2.62. The van der Waals surface area contributed by atoms with Crippen LogP contribution in [0.15, 0.2) is 27.8 Å². The van der Waals surface area contributed by atoms with Gasteiger partial charge in [-0.15, -0.1) is 0 Å². The lowest BCUT2D eigenvalue weighted by molar-refractivity contribution is 0.274. The molecule has 1 N–H and O–H groups in total. The summed E-state index contributed by atoms with van der Waals surface area (Å²) in [6, 6.07) is 5.59. The lowest BCUT2D eigenvalue weighted by Crippen LogP contribution is -2.46. The van der Waals surface area contributed by atoms with Crippen molar-refractivity contribution in [1.82, 2.24) is 14.0 Å². The lowest BCUT2D eigenvalue weighted by atomic mass is 10.1. The van der Waals surface area contributed by atoms with Crippen LogP contribution >= 0.6 is 23.2 Å². The Morgan fingerprint density at radius 2 is 1.88 bits per heavy atom. The minimum Gasteiger partial charge on any atom is -0.358 e. The zero-order chi connectivity index (χ0) is 17.4. The van der Waals surface area contributed by atoms with E-state index in [1.54, 1.807) is 13.1 Å². The number of benzene rings is 1. The van der Waals surface area contributed by atoms with Crippen LogP contribution in [0, 0.1) is 0 Å². The molecular formula is C16H18Cl2N4O2. The SMILES string of the molecule is Cn1c2c(c(=O)n(C)c1=O)CN(CCc1ccc(Cl)c(Cl)c1)CN2. The fraction of sp³-hybridized carbons (Fsp3) is 0.375. The normalized spacial score (nSPS) is 14.3. The fourth-order valence-corrected chi connectivity index (χ4v) is 3.21. The summed E-state index contributed by atoms with van der Waals surface area (Å²) in [6.45, 7) is 1.84. The van der Waals surface area contributed by atoms with Gasteiger partial charge in [-0.05, 0) is 24.1 Å². The highest BCUT2D eigenvalue weighted by molar-refractivity contribution is 6.42. The summed E-state index contributed by atoms with van der Waals surface area (Å²) in [5, 5.41) is 4.26. The molecule has 3 rings (SSSR count). The molecule has 0 fully saturated rings. The number of rotatable bonds is 3. The van der Waals surface area contributed by atoms with Gasteiger partial charge in [-0.25, -0.2) is 4.79 Å². The Morgan fingerprint density at radius 3 is 2.58 bits per heavy atom. The predicted molar refractivity (Wildman–Crippen MR) is 96.0 cm³/mol. The number of hydrogen-bond acceptors (Lipinski definition) is 4. The molecule has 1 aliphatic heterocycles. The van der Waals surface area contributed by atoms with Gasteiger partial charge >= 0.3 is 5.69 Å². The van der Waals surface area contributed by atoms with Gasteiger partial charge in [0.05, 0.1) is 22.3 Å². The molecule has 2 heterocycles. The van der Waals surface area contributed by atoms with Crippen molar-refractivity contribution >= 4 is 29.0 Å². The van der Waals surface area contributed by atoms with E-state index in [4.69, 9.17) is 23.2 Å². The molecule has 0 unspecified atom stereocenters. The van der Waals surface area contributed by atoms with Gasteiger partial charge in [0.2, 0.25) is 0 Å². The Kier molecular flexibility index (Phi) is 4.71. The van der Waals surface area contributed by atoms with E-state index in [9.17, 15) is 9.59 Å². The molecule has 0 spiro atoms. The van der Waals surface area contributed by atoms with Gasteiger partial charge in [0, 0.05) is 27.2 Å². The molecule has 0 amide bonds. The number of fused-ring (bicyclic) bond motifs is 1. The first kappa shape index (κ1) is 17.1. The molecule has 1 aromatic heterocycles. The standard InChI is InChI=1S/C16H18Cl2N4O2/c1-20-14-11(15(23)21(2)16(20)24)8-22(9-19-14)6-5-10-3-4-12(17)13(18)7-10/h3-4,7,19H,5-6,8-9H2,1-2H3. The van der Waals surface area contributed by atoms with Crippen molar-refractivity contribution in [2.75, 3.05) is 18.5 Å². The number of hydrogen-bond donors (Lipinski definition) is 1. The second kappa shape index (κ2) is 6.63. The predicted octanol–water partition coefficient (Wildman–Crippen LogP) is 1.82. The molecule has 0 aliphatic carbocycles. The number of halogens is 2. The Hall–Kier alpha value is -1.76. The average Bonchev–Trinajstić information content (AvgIpc) is 2.59. The third-order valence-corrected chi connectivity index (χ3v) is 5.05. The van der Waals surface area contributed by atoms with Crippen LogP contribution in [0.5, 0.6) is 0 Å².